The topological polar surface area (TPSA) is 43.4 Å². The molecule has 0 amide bonds. The monoisotopic (exact) mass is 304 g/mol. The number of hydrogen-bond donors (Lipinski definition) is 0. The zero-order valence-corrected chi connectivity index (χ0v) is 13.0. The van der Waals surface area contributed by atoms with Crippen molar-refractivity contribution >= 4 is 44.3 Å². The molecular weight excluding hydrogens is 288 g/mol. The Morgan fingerprint density at radius 2 is 0.913 bits per heavy atom. The van der Waals surface area contributed by atoms with E-state index in [2.05, 4.69) is 65.4 Å². The van der Waals surface area contributed by atoms with Gasteiger partial charge in [-0.05, 0) is 32.3 Å². The van der Waals surface area contributed by atoms with E-state index in [0.29, 0.717) is 0 Å². The number of carbonyl (C=O) groups is 2. The van der Waals surface area contributed by atoms with Gasteiger partial charge in [0, 0.05) is 13.8 Å². The number of hydrogen-bond acceptors (Lipinski definition) is 3. The van der Waals surface area contributed by atoms with Gasteiger partial charge in [0.25, 0.3) is 0 Å². The Hall–Kier alpha value is -2.94. The standard InChI is InChI=1S/C16H10.C4H6O3/c1-3-11-7-9-13-5-2-6-14-10-8-12(4-1)15(11)16(13)14;1-3(5)7-4(2)6/h1-10H;1-2H3. The molecule has 0 N–H and O–H groups in total. The Balaban J connectivity index is 0.000000193. The second-order valence-corrected chi connectivity index (χ2v) is 5.37. The van der Waals surface area contributed by atoms with Crippen molar-refractivity contribution in [1.29, 1.82) is 0 Å². The number of rotatable bonds is 0. The van der Waals surface area contributed by atoms with Crippen LogP contribution in [0.15, 0.2) is 60.7 Å². The molecule has 23 heavy (non-hydrogen) atoms. The normalized spacial score (nSPS) is 10.5. The van der Waals surface area contributed by atoms with E-state index in [0.717, 1.165) is 0 Å². The van der Waals surface area contributed by atoms with Crippen LogP contribution in [0.25, 0.3) is 32.3 Å². The molecular formula is C20H16O3. The van der Waals surface area contributed by atoms with Crippen molar-refractivity contribution in [3.8, 4) is 0 Å². The summed E-state index contributed by atoms with van der Waals surface area (Å²) < 4.78 is 3.97. The molecule has 0 aliphatic carbocycles. The fourth-order valence-electron chi connectivity index (χ4n) is 2.87. The van der Waals surface area contributed by atoms with Gasteiger partial charge >= 0.3 is 11.9 Å². The van der Waals surface area contributed by atoms with Crippen molar-refractivity contribution in [1.82, 2.24) is 0 Å². The lowest BCUT2D eigenvalue weighted by atomic mass is 9.95. The van der Waals surface area contributed by atoms with Crippen LogP contribution in [-0.4, -0.2) is 11.9 Å². The molecule has 3 nitrogen and oxygen atoms in total. The zero-order chi connectivity index (χ0) is 16.4. The first kappa shape index (κ1) is 15.0. The predicted octanol–water partition coefficient (Wildman–Crippen LogP) is 4.68. The fraction of sp³-hybridized carbons (Fsp3) is 0.100. The number of ether oxygens (including phenoxy) is 1. The molecule has 0 atom stereocenters. The first-order valence-corrected chi connectivity index (χ1v) is 7.38. The third-order valence-electron chi connectivity index (χ3n) is 3.68. The molecule has 0 fully saturated rings. The Kier molecular flexibility index (Phi) is 3.94. The van der Waals surface area contributed by atoms with Crippen LogP contribution in [0.5, 0.6) is 0 Å². The molecule has 0 heterocycles. The van der Waals surface area contributed by atoms with Gasteiger partial charge < -0.3 is 4.74 Å². The third-order valence-corrected chi connectivity index (χ3v) is 3.68. The maximum Gasteiger partial charge on any atom is 0.310 e. The molecule has 3 heteroatoms. The van der Waals surface area contributed by atoms with Crippen LogP contribution in [0, 0.1) is 0 Å². The van der Waals surface area contributed by atoms with E-state index in [1.807, 2.05) is 0 Å². The molecule has 4 rings (SSSR count). The van der Waals surface area contributed by atoms with Gasteiger partial charge in [-0.25, -0.2) is 0 Å². The summed E-state index contributed by atoms with van der Waals surface area (Å²) in [5.41, 5.74) is 0. The maximum atomic E-state index is 9.81. The van der Waals surface area contributed by atoms with E-state index in [9.17, 15) is 9.59 Å². The molecule has 0 spiro atoms. The highest BCUT2D eigenvalue weighted by molar-refractivity contribution is 6.22. The summed E-state index contributed by atoms with van der Waals surface area (Å²) in [6.45, 7) is 2.36. The van der Waals surface area contributed by atoms with E-state index in [1.165, 1.54) is 46.2 Å². The average molecular weight is 304 g/mol. The minimum absolute atomic E-state index is 0.562. The highest BCUT2D eigenvalue weighted by atomic mass is 16.6. The van der Waals surface area contributed by atoms with Crippen molar-refractivity contribution in [3.63, 3.8) is 0 Å². The van der Waals surface area contributed by atoms with Crippen molar-refractivity contribution in [2.24, 2.45) is 0 Å². The second kappa shape index (κ2) is 6.05. The highest BCUT2D eigenvalue weighted by Crippen LogP contribution is 2.33. The molecule has 0 aliphatic rings. The minimum Gasteiger partial charge on any atom is -0.394 e. The van der Waals surface area contributed by atoms with E-state index in [-0.39, 0.29) is 0 Å². The molecule has 0 aromatic heterocycles. The van der Waals surface area contributed by atoms with Gasteiger partial charge in [-0.15, -0.1) is 0 Å². The molecule has 0 bridgehead atoms. The first-order chi connectivity index (χ1) is 11.1. The van der Waals surface area contributed by atoms with Crippen molar-refractivity contribution < 1.29 is 14.3 Å². The van der Waals surface area contributed by atoms with Gasteiger partial charge in [0.05, 0.1) is 0 Å². The Bertz CT molecular complexity index is 860. The first-order valence-electron chi connectivity index (χ1n) is 7.38. The van der Waals surface area contributed by atoms with E-state index >= 15 is 0 Å². The van der Waals surface area contributed by atoms with Crippen LogP contribution < -0.4 is 0 Å². The average Bonchev–Trinajstić information content (AvgIpc) is 2.52. The summed E-state index contributed by atoms with van der Waals surface area (Å²) in [5, 5.41) is 8.14. The van der Waals surface area contributed by atoms with E-state index < -0.39 is 11.9 Å². The molecule has 0 aliphatic heterocycles. The molecule has 0 saturated heterocycles. The van der Waals surface area contributed by atoms with Gasteiger partial charge in [0.15, 0.2) is 0 Å². The van der Waals surface area contributed by atoms with Gasteiger partial charge in [-0.3, -0.25) is 9.59 Å². The molecule has 4 aromatic rings. The minimum atomic E-state index is -0.562. The van der Waals surface area contributed by atoms with Gasteiger partial charge in [-0.1, -0.05) is 60.7 Å². The smallest absolute Gasteiger partial charge is 0.310 e. The van der Waals surface area contributed by atoms with Gasteiger partial charge in [0.1, 0.15) is 0 Å². The predicted molar refractivity (Wildman–Crippen MR) is 92.6 cm³/mol. The summed E-state index contributed by atoms with van der Waals surface area (Å²) in [6, 6.07) is 21.9. The molecule has 0 unspecified atom stereocenters. The number of benzene rings is 4. The number of esters is 2. The van der Waals surface area contributed by atoms with Crippen molar-refractivity contribution in [2.75, 3.05) is 0 Å². The van der Waals surface area contributed by atoms with Crippen LogP contribution >= 0.6 is 0 Å². The largest absolute Gasteiger partial charge is 0.394 e. The van der Waals surface area contributed by atoms with E-state index in [4.69, 9.17) is 0 Å². The van der Waals surface area contributed by atoms with Crippen LogP contribution in [0.2, 0.25) is 0 Å². The van der Waals surface area contributed by atoms with E-state index in [1.54, 1.807) is 0 Å². The third kappa shape index (κ3) is 2.99. The SMILES string of the molecule is CC(=O)OC(C)=O.c1cc2ccc3cccc4ccc(c1)c2c34. The fourth-order valence-corrected chi connectivity index (χ4v) is 2.87. The maximum absolute atomic E-state index is 9.81. The number of carbonyl (C=O) groups excluding carboxylic acids is 2. The lowest BCUT2D eigenvalue weighted by Crippen LogP contribution is -2.03. The zero-order valence-electron chi connectivity index (χ0n) is 13.0. The highest BCUT2D eigenvalue weighted by Gasteiger charge is 2.05. The summed E-state index contributed by atoms with van der Waals surface area (Å²) in [4.78, 5) is 19.6. The van der Waals surface area contributed by atoms with Crippen LogP contribution in [0.4, 0.5) is 0 Å². The second-order valence-electron chi connectivity index (χ2n) is 5.37. The lowest BCUT2D eigenvalue weighted by Gasteiger charge is -2.09. The lowest BCUT2D eigenvalue weighted by molar-refractivity contribution is -0.156. The van der Waals surface area contributed by atoms with Crippen molar-refractivity contribution in [3.05, 3.63) is 60.7 Å². The van der Waals surface area contributed by atoms with Crippen LogP contribution in [0.3, 0.4) is 0 Å². The Morgan fingerprint density at radius 3 is 1.13 bits per heavy atom. The van der Waals surface area contributed by atoms with Crippen molar-refractivity contribution in [2.45, 2.75) is 13.8 Å². The van der Waals surface area contributed by atoms with Gasteiger partial charge in [0.2, 0.25) is 0 Å². The molecule has 0 radical (unpaired) electrons. The molecule has 4 aromatic carbocycles. The Morgan fingerprint density at radius 1 is 0.609 bits per heavy atom. The summed E-state index contributed by atoms with van der Waals surface area (Å²) in [5.74, 6) is -1.12. The molecule has 0 saturated carbocycles. The summed E-state index contributed by atoms with van der Waals surface area (Å²) in [7, 11) is 0. The van der Waals surface area contributed by atoms with Crippen LogP contribution in [0.1, 0.15) is 13.8 Å². The van der Waals surface area contributed by atoms with Crippen LogP contribution in [-0.2, 0) is 14.3 Å². The molecule has 114 valence electrons. The Labute approximate surface area is 133 Å². The summed E-state index contributed by atoms with van der Waals surface area (Å²) in [6.07, 6.45) is 0. The van der Waals surface area contributed by atoms with Gasteiger partial charge in [-0.2, -0.15) is 0 Å². The summed E-state index contributed by atoms with van der Waals surface area (Å²) >= 11 is 0. The quantitative estimate of drug-likeness (QED) is 0.269.